The summed E-state index contributed by atoms with van der Waals surface area (Å²) in [5, 5.41) is 6.52. The van der Waals surface area contributed by atoms with Crippen LogP contribution in [0.15, 0.2) is 24.3 Å². The van der Waals surface area contributed by atoms with Crippen LogP contribution in [0.2, 0.25) is 5.02 Å². The van der Waals surface area contributed by atoms with Crippen molar-refractivity contribution in [2.75, 3.05) is 19.6 Å². The standard InChI is InChI=1S/C12H17ClN2O/c1-2-14-8-5-9-15-12(16)10-6-3-4-7-11(10)13/h3-4,6-7,14H,2,5,8-9H2,1H3,(H,15,16). The monoisotopic (exact) mass is 240 g/mol. The fraction of sp³-hybridized carbons (Fsp3) is 0.417. The van der Waals surface area contributed by atoms with Gasteiger partial charge in [0, 0.05) is 6.54 Å². The van der Waals surface area contributed by atoms with Crippen molar-refractivity contribution in [2.45, 2.75) is 13.3 Å². The van der Waals surface area contributed by atoms with Crippen LogP contribution in [-0.2, 0) is 0 Å². The van der Waals surface area contributed by atoms with Crippen molar-refractivity contribution in [3.63, 3.8) is 0 Å². The van der Waals surface area contributed by atoms with Crippen molar-refractivity contribution >= 4 is 17.5 Å². The number of carbonyl (C=O) groups excluding carboxylic acids is 1. The molecule has 1 aromatic rings. The molecule has 4 heteroatoms. The summed E-state index contributed by atoms with van der Waals surface area (Å²) >= 11 is 5.91. The van der Waals surface area contributed by atoms with Crippen LogP contribution in [0.25, 0.3) is 0 Å². The maximum absolute atomic E-state index is 11.7. The van der Waals surface area contributed by atoms with Gasteiger partial charge in [0.1, 0.15) is 0 Å². The molecule has 0 spiro atoms. The zero-order valence-electron chi connectivity index (χ0n) is 9.42. The molecule has 0 heterocycles. The molecule has 0 aliphatic carbocycles. The minimum absolute atomic E-state index is 0.109. The normalized spacial score (nSPS) is 10.1. The van der Waals surface area contributed by atoms with E-state index in [4.69, 9.17) is 11.6 Å². The van der Waals surface area contributed by atoms with Crippen LogP contribution in [0.1, 0.15) is 23.7 Å². The summed E-state index contributed by atoms with van der Waals surface area (Å²) < 4.78 is 0. The number of hydrogen-bond acceptors (Lipinski definition) is 2. The molecule has 0 radical (unpaired) electrons. The van der Waals surface area contributed by atoms with E-state index in [-0.39, 0.29) is 5.91 Å². The third-order valence-electron chi connectivity index (χ3n) is 2.18. The Bertz CT molecular complexity index is 342. The predicted molar refractivity (Wildman–Crippen MR) is 66.9 cm³/mol. The van der Waals surface area contributed by atoms with Crippen LogP contribution in [0, 0.1) is 0 Å². The van der Waals surface area contributed by atoms with E-state index in [1.54, 1.807) is 18.2 Å². The van der Waals surface area contributed by atoms with Gasteiger partial charge < -0.3 is 10.6 Å². The molecule has 0 saturated heterocycles. The van der Waals surface area contributed by atoms with Gasteiger partial charge >= 0.3 is 0 Å². The van der Waals surface area contributed by atoms with Gasteiger partial charge in [-0.3, -0.25) is 4.79 Å². The molecule has 0 aromatic heterocycles. The van der Waals surface area contributed by atoms with Gasteiger partial charge in [0.05, 0.1) is 10.6 Å². The number of amides is 1. The van der Waals surface area contributed by atoms with Crippen molar-refractivity contribution in [2.24, 2.45) is 0 Å². The molecule has 88 valence electrons. The second kappa shape index (κ2) is 7.25. The minimum Gasteiger partial charge on any atom is -0.352 e. The Balaban J connectivity index is 2.33. The Morgan fingerprint density at radius 3 is 2.75 bits per heavy atom. The average molecular weight is 241 g/mol. The molecule has 0 atom stereocenters. The highest BCUT2D eigenvalue weighted by molar-refractivity contribution is 6.33. The van der Waals surface area contributed by atoms with Crippen LogP contribution in [-0.4, -0.2) is 25.5 Å². The van der Waals surface area contributed by atoms with Gasteiger partial charge in [0.15, 0.2) is 0 Å². The van der Waals surface area contributed by atoms with Gasteiger partial charge in [0.25, 0.3) is 5.91 Å². The first kappa shape index (κ1) is 13.0. The fourth-order valence-corrected chi connectivity index (χ4v) is 1.55. The van der Waals surface area contributed by atoms with E-state index in [2.05, 4.69) is 17.6 Å². The number of benzene rings is 1. The third kappa shape index (κ3) is 4.21. The quantitative estimate of drug-likeness (QED) is 0.748. The van der Waals surface area contributed by atoms with Crippen LogP contribution in [0.4, 0.5) is 0 Å². The van der Waals surface area contributed by atoms with E-state index >= 15 is 0 Å². The summed E-state index contributed by atoms with van der Waals surface area (Å²) in [6, 6.07) is 7.06. The Labute approximate surface area is 101 Å². The fourth-order valence-electron chi connectivity index (χ4n) is 1.33. The SMILES string of the molecule is CCNCCCNC(=O)c1ccccc1Cl. The first-order valence-corrected chi connectivity index (χ1v) is 5.87. The van der Waals surface area contributed by atoms with Crippen LogP contribution in [0.5, 0.6) is 0 Å². The van der Waals surface area contributed by atoms with E-state index in [0.29, 0.717) is 17.1 Å². The van der Waals surface area contributed by atoms with Gasteiger partial charge in [-0.2, -0.15) is 0 Å². The summed E-state index contributed by atoms with van der Waals surface area (Å²) in [6.45, 7) is 4.59. The lowest BCUT2D eigenvalue weighted by atomic mass is 10.2. The van der Waals surface area contributed by atoms with Crippen molar-refractivity contribution in [3.05, 3.63) is 34.9 Å². The number of carbonyl (C=O) groups is 1. The summed E-state index contributed by atoms with van der Waals surface area (Å²) in [4.78, 5) is 11.7. The first-order chi connectivity index (χ1) is 7.75. The third-order valence-corrected chi connectivity index (χ3v) is 2.51. The highest BCUT2D eigenvalue weighted by Crippen LogP contribution is 2.14. The summed E-state index contributed by atoms with van der Waals surface area (Å²) in [5.74, 6) is -0.109. The summed E-state index contributed by atoms with van der Waals surface area (Å²) in [6.07, 6.45) is 0.921. The van der Waals surface area contributed by atoms with Crippen molar-refractivity contribution in [1.82, 2.24) is 10.6 Å². The van der Waals surface area contributed by atoms with Crippen molar-refractivity contribution < 1.29 is 4.79 Å². The topological polar surface area (TPSA) is 41.1 Å². The highest BCUT2D eigenvalue weighted by Gasteiger charge is 2.07. The second-order valence-corrected chi connectivity index (χ2v) is 3.85. The first-order valence-electron chi connectivity index (χ1n) is 5.49. The molecular formula is C12H17ClN2O. The van der Waals surface area contributed by atoms with E-state index < -0.39 is 0 Å². The Morgan fingerprint density at radius 1 is 1.31 bits per heavy atom. The van der Waals surface area contributed by atoms with Gasteiger partial charge in [-0.15, -0.1) is 0 Å². The molecule has 3 nitrogen and oxygen atoms in total. The Morgan fingerprint density at radius 2 is 2.06 bits per heavy atom. The molecule has 1 amide bonds. The van der Waals surface area contributed by atoms with Crippen LogP contribution < -0.4 is 10.6 Å². The molecule has 0 saturated carbocycles. The zero-order chi connectivity index (χ0) is 11.8. The van der Waals surface area contributed by atoms with Crippen LogP contribution >= 0.6 is 11.6 Å². The molecular weight excluding hydrogens is 224 g/mol. The van der Waals surface area contributed by atoms with E-state index in [0.717, 1.165) is 19.5 Å². The van der Waals surface area contributed by atoms with Gasteiger partial charge in [-0.25, -0.2) is 0 Å². The van der Waals surface area contributed by atoms with Crippen molar-refractivity contribution in [3.8, 4) is 0 Å². The molecule has 0 aliphatic rings. The average Bonchev–Trinajstić information content (AvgIpc) is 2.29. The van der Waals surface area contributed by atoms with E-state index in [1.807, 2.05) is 6.07 Å². The van der Waals surface area contributed by atoms with E-state index in [9.17, 15) is 4.79 Å². The number of hydrogen-bond donors (Lipinski definition) is 2. The summed E-state index contributed by atoms with van der Waals surface area (Å²) in [7, 11) is 0. The number of halogens is 1. The van der Waals surface area contributed by atoms with Crippen LogP contribution in [0.3, 0.4) is 0 Å². The minimum atomic E-state index is -0.109. The van der Waals surface area contributed by atoms with Crippen molar-refractivity contribution in [1.29, 1.82) is 0 Å². The largest absolute Gasteiger partial charge is 0.352 e. The molecule has 1 aromatic carbocycles. The van der Waals surface area contributed by atoms with E-state index in [1.165, 1.54) is 0 Å². The predicted octanol–water partition coefficient (Wildman–Crippen LogP) is 2.07. The molecule has 1 rings (SSSR count). The van der Waals surface area contributed by atoms with Gasteiger partial charge in [0.2, 0.25) is 0 Å². The summed E-state index contributed by atoms with van der Waals surface area (Å²) in [5.41, 5.74) is 0.535. The van der Waals surface area contributed by atoms with Gasteiger partial charge in [-0.05, 0) is 31.6 Å². The lowest BCUT2D eigenvalue weighted by Gasteiger charge is -2.06. The van der Waals surface area contributed by atoms with Gasteiger partial charge in [-0.1, -0.05) is 30.7 Å². The molecule has 2 N–H and O–H groups in total. The lowest BCUT2D eigenvalue weighted by Crippen LogP contribution is -2.27. The zero-order valence-corrected chi connectivity index (χ0v) is 10.2. The Hall–Kier alpha value is -1.06. The molecule has 0 aliphatic heterocycles. The highest BCUT2D eigenvalue weighted by atomic mass is 35.5. The number of nitrogens with one attached hydrogen (secondary N) is 2. The second-order valence-electron chi connectivity index (χ2n) is 3.44. The molecule has 0 bridgehead atoms. The molecule has 0 fully saturated rings. The maximum Gasteiger partial charge on any atom is 0.252 e. The maximum atomic E-state index is 11.7. The lowest BCUT2D eigenvalue weighted by molar-refractivity contribution is 0.0953. The number of rotatable bonds is 6. The Kier molecular flexibility index (Phi) is 5.90. The smallest absolute Gasteiger partial charge is 0.252 e. The molecule has 16 heavy (non-hydrogen) atoms. The molecule has 0 unspecified atom stereocenters.